The summed E-state index contributed by atoms with van der Waals surface area (Å²) in [5.74, 6) is 0.451. The highest BCUT2D eigenvalue weighted by atomic mass is 32.2. The molecule has 0 bridgehead atoms. The van der Waals surface area contributed by atoms with Crippen molar-refractivity contribution in [2.45, 2.75) is 45.1 Å². The number of benzene rings is 1. The molecule has 1 saturated carbocycles. The van der Waals surface area contributed by atoms with Crippen LogP contribution in [0.25, 0.3) is 0 Å². The van der Waals surface area contributed by atoms with Crippen LogP contribution in [0.4, 0.5) is 0 Å². The number of fused-ring (bicyclic) bond motifs is 1. The largest absolute Gasteiger partial charge is 0.355 e. The predicted octanol–water partition coefficient (Wildman–Crippen LogP) is 2.07. The maximum absolute atomic E-state index is 12.5. The Morgan fingerprint density at radius 3 is 2.62 bits per heavy atom. The van der Waals surface area contributed by atoms with Crippen molar-refractivity contribution in [2.24, 2.45) is 5.92 Å². The number of rotatable bonds is 6. The highest BCUT2D eigenvalue weighted by Gasteiger charge is 2.26. The van der Waals surface area contributed by atoms with Crippen molar-refractivity contribution in [1.29, 1.82) is 0 Å². The second kappa shape index (κ2) is 7.66. The van der Waals surface area contributed by atoms with Crippen LogP contribution in [0.1, 0.15) is 43.2 Å². The number of hydrogen-bond acceptors (Lipinski definition) is 3. The van der Waals surface area contributed by atoms with Gasteiger partial charge in [-0.2, -0.15) is 4.31 Å². The molecule has 1 aromatic carbocycles. The molecule has 1 aliphatic heterocycles. The van der Waals surface area contributed by atoms with E-state index >= 15 is 0 Å². The summed E-state index contributed by atoms with van der Waals surface area (Å²) >= 11 is 0. The maximum atomic E-state index is 12.5. The van der Waals surface area contributed by atoms with Gasteiger partial charge in [0.2, 0.25) is 15.9 Å². The minimum atomic E-state index is -3.33. The molecule has 0 spiro atoms. The molecule has 2 aliphatic rings. The zero-order valence-corrected chi connectivity index (χ0v) is 14.9. The molecule has 1 N–H and O–H groups in total. The van der Waals surface area contributed by atoms with Crippen LogP contribution < -0.4 is 5.32 Å². The second-order valence-electron chi connectivity index (χ2n) is 6.87. The van der Waals surface area contributed by atoms with Crippen LogP contribution in [0.2, 0.25) is 0 Å². The maximum Gasteiger partial charge on any atom is 0.220 e. The van der Waals surface area contributed by atoms with Crippen LogP contribution >= 0.6 is 0 Å². The summed E-state index contributed by atoms with van der Waals surface area (Å²) in [5, 5.41) is 2.78. The Morgan fingerprint density at radius 1 is 1.17 bits per heavy atom. The van der Waals surface area contributed by atoms with Gasteiger partial charge in [-0.3, -0.25) is 4.79 Å². The van der Waals surface area contributed by atoms with Crippen LogP contribution in [0.5, 0.6) is 0 Å². The number of amides is 1. The number of nitrogens with one attached hydrogen (secondary N) is 1. The molecule has 6 heteroatoms. The number of hydrogen-bond donors (Lipinski definition) is 1. The van der Waals surface area contributed by atoms with Gasteiger partial charge in [-0.15, -0.1) is 0 Å². The Balaban J connectivity index is 1.47. The highest BCUT2D eigenvalue weighted by molar-refractivity contribution is 7.89. The average Bonchev–Trinajstić information content (AvgIpc) is 3.07. The minimum absolute atomic E-state index is 0.0129. The molecule has 5 nitrogen and oxygen atoms in total. The van der Waals surface area contributed by atoms with Gasteiger partial charge in [0.1, 0.15) is 0 Å². The lowest BCUT2D eigenvalue weighted by molar-refractivity contribution is -0.121. The summed E-state index contributed by atoms with van der Waals surface area (Å²) in [6.07, 6.45) is 5.96. The molecule has 1 aliphatic carbocycles. The number of carbonyl (C=O) groups is 1. The van der Waals surface area contributed by atoms with E-state index in [1.54, 1.807) is 4.31 Å². The summed E-state index contributed by atoms with van der Waals surface area (Å²) < 4.78 is 26.5. The standard InChI is InChI=1S/C18H26N2O3S/c21-18(13-15-5-1-2-6-15)19-10-12-24(22,23)20-11-9-16-7-3-4-8-17(16)14-20/h3-4,7-8,15H,1-2,5-6,9-14H2,(H,19,21). The lowest BCUT2D eigenvalue weighted by atomic mass is 10.0. The van der Waals surface area contributed by atoms with Crippen molar-refractivity contribution in [2.75, 3.05) is 18.8 Å². The number of sulfonamides is 1. The molecule has 0 unspecified atom stereocenters. The number of nitrogens with zero attached hydrogens (tertiary/aromatic N) is 1. The van der Waals surface area contributed by atoms with Gasteiger partial charge in [-0.05, 0) is 36.3 Å². The minimum Gasteiger partial charge on any atom is -0.355 e. The molecule has 1 heterocycles. The first-order valence-corrected chi connectivity index (χ1v) is 10.5. The Bertz CT molecular complexity index is 681. The molecule has 0 atom stereocenters. The fourth-order valence-corrected chi connectivity index (χ4v) is 5.03. The van der Waals surface area contributed by atoms with Gasteiger partial charge in [0.05, 0.1) is 5.75 Å². The van der Waals surface area contributed by atoms with Crippen molar-refractivity contribution in [3.63, 3.8) is 0 Å². The second-order valence-corrected chi connectivity index (χ2v) is 8.96. The summed E-state index contributed by atoms with van der Waals surface area (Å²) in [7, 11) is -3.33. The quantitative estimate of drug-likeness (QED) is 0.854. The van der Waals surface area contributed by atoms with Crippen molar-refractivity contribution in [3.8, 4) is 0 Å². The van der Waals surface area contributed by atoms with Gasteiger partial charge in [0.25, 0.3) is 0 Å². The van der Waals surface area contributed by atoms with Crippen LogP contribution in [-0.4, -0.2) is 37.5 Å². The SMILES string of the molecule is O=C(CC1CCCC1)NCCS(=O)(=O)N1CCc2ccccc2C1. The van der Waals surface area contributed by atoms with E-state index in [-0.39, 0.29) is 18.2 Å². The Hall–Kier alpha value is -1.40. The Labute approximate surface area is 144 Å². The summed E-state index contributed by atoms with van der Waals surface area (Å²) in [5.41, 5.74) is 2.31. The van der Waals surface area contributed by atoms with Crippen LogP contribution in [0.3, 0.4) is 0 Å². The Morgan fingerprint density at radius 2 is 1.88 bits per heavy atom. The van der Waals surface area contributed by atoms with Crippen LogP contribution in [-0.2, 0) is 27.8 Å². The summed E-state index contributed by atoms with van der Waals surface area (Å²) in [6, 6.07) is 7.98. The molecule has 1 aromatic rings. The zero-order valence-electron chi connectivity index (χ0n) is 14.0. The van der Waals surface area contributed by atoms with Gasteiger partial charge in [-0.1, -0.05) is 37.1 Å². The first-order valence-electron chi connectivity index (χ1n) is 8.86. The van der Waals surface area contributed by atoms with E-state index in [9.17, 15) is 13.2 Å². The average molecular weight is 350 g/mol. The van der Waals surface area contributed by atoms with Crippen molar-refractivity contribution in [3.05, 3.63) is 35.4 Å². The van der Waals surface area contributed by atoms with Gasteiger partial charge in [-0.25, -0.2) is 8.42 Å². The Kier molecular flexibility index (Phi) is 5.56. The van der Waals surface area contributed by atoms with E-state index in [0.29, 0.717) is 25.4 Å². The van der Waals surface area contributed by atoms with Gasteiger partial charge < -0.3 is 5.32 Å². The van der Waals surface area contributed by atoms with Crippen molar-refractivity contribution < 1.29 is 13.2 Å². The lowest BCUT2D eigenvalue weighted by Gasteiger charge is -2.28. The molecule has 132 valence electrons. The van der Waals surface area contributed by atoms with E-state index in [0.717, 1.165) is 24.8 Å². The van der Waals surface area contributed by atoms with E-state index < -0.39 is 10.0 Å². The summed E-state index contributed by atoms with van der Waals surface area (Å²) in [6.45, 7) is 1.16. The fourth-order valence-electron chi connectivity index (χ4n) is 3.70. The molecule has 0 aromatic heterocycles. The van der Waals surface area contributed by atoms with Crippen molar-refractivity contribution >= 4 is 15.9 Å². The molecule has 1 fully saturated rings. The fraction of sp³-hybridized carbons (Fsp3) is 0.611. The first-order chi connectivity index (χ1) is 11.5. The zero-order chi connectivity index (χ0) is 17.0. The van der Waals surface area contributed by atoms with Crippen LogP contribution in [0.15, 0.2) is 24.3 Å². The molecule has 0 radical (unpaired) electrons. The van der Waals surface area contributed by atoms with E-state index in [2.05, 4.69) is 11.4 Å². The smallest absolute Gasteiger partial charge is 0.220 e. The third-order valence-corrected chi connectivity index (χ3v) is 6.94. The number of carbonyl (C=O) groups excluding carboxylic acids is 1. The molecule has 1 amide bonds. The molecular formula is C18H26N2O3S. The van der Waals surface area contributed by atoms with E-state index in [1.807, 2.05) is 18.2 Å². The van der Waals surface area contributed by atoms with Crippen molar-refractivity contribution in [1.82, 2.24) is 9.62 Å². The molecular weight excluding hydrogens is 324 g/mol. The van der Waals surface area contributed by atoms with Crippen LogP contribution in [0, 0.1) is 5.92 Å². The van der Waals surface area contributed by atoms with E-state index in [4.69, 9.17) is 0 Å². The lowest BCUT2D eigenvalue weighted by Crippen LogP contribution is -2.40. The third-order valence-electron chi connectivity index (χ3n) is 5.12. The van der Waals surface area contributed by atoms with E-state index in [1.165, 1.54) is 18.4 Å². The third kappa shape index (κ3) is 4.36. The predicted molar refractivity (Wildman–Crippen MR) is 93.9 cm³/mol. The summed E-state index contributed by atoms with van der Waals surface area (Å²) in [4.78, 5) is 11.9. The normalized spacial score (nSPS) is 19.2. The topological polar surface area (TPSA) is 66.5 Å². The highest BCUT2D eigenvalue weighted by Crippen LogP contribution is 2.27. The van der Waals surface area contributed by atoms with Gasteiger partial charge in [0, 0.05) is 26.1 Å². The monoisotopic (exact) mass is 350 g/mol. The molecule has 0 saturated heterocycles. The first kappa shape index (κ1) is 17.4. The van der Waals surface area contributed by atoms with Gasteiger partial charge >= 0.3 is 0 Å². The molecule has 24 heavy (non-hydrogen) atoms. The van der Waals surface area contributed by atoms with Gasteiger partial charge in [0.15, 0.2) is 0 Å². The molecule has 3 rings (SSSR count).